The van der Waals surface area contributed by atoms with Gasteiger partial charge in [0.1, 0.15) is 5.75 Å². The van der Waals surface area contributed by atoms with Gasteiger partial charge in [-0.25, -0.2) is 4.98 Å². The average molecular weight is 472 g/mol. The fraction of sp³-hybridized carbons (Fsp3) is 0.267. The SMILES string of the molecule is Cc1cc(C)c(-c2cnc(F)c(C)c2O)cc1C.[Ac]. The quantitative estimate of drug-likeness (QED) is 0.641. The van der Waals surface area contributed by atoms with Crippen LogP contribution < -0.4 is 0 Å². The van der Waals surface area contributed by atoms with Crippen LogP contribution in [0.1, 0.15) is 22.3 Å². The molecule has 0 fully saturated rings. The molecule has 0 aliphatic carbocycles. The van der Waals surface area contributed by atoms with Crippen molar-refractivity contribution >= 4 is 0 Å². The van der Waals surface area contributed by atoms with E-state index in [0.29, 0.717) is 5.56 Å². The van der Waals surface area contributed by atoms with E-state index in [1.165, 1.54) is 18.7 Å². The third-order valence-corrected chi connectivity index (χ3v) is 3.36. The van der Waals surface area contributed by atoms with Crippen LogP contribution in [0.5, 0.6) is 5.75 Å². The minimum absolute atomic E-state index is 0. The summed E-state index contributed by atoms with van der Waals surface area (Å²) < 4.78 is 13.2. The number of aromatic hydroxyl groups is 1. The summed E-state index contributed by atoms with van der Waals surface area (Å²) in [5.41, 5.74) is 5.03. The molecule has 0 atom stereocenters. The first-order valence-electron chi connectivity index (χ1n) is 5.84. The molecule has 2 rings (SSSR count). The smallest absolute Gasteiger partial charge is 0.219 e. The number of benzene rings is 1. The van der Waals surface area contributed by atoms with Crippen molar-refractivity contribution in [1.29, 1.82) is 0 Å². The van der Waals surface area contributed by atoms with Gasteiger partial charge in [0.25, 0.3) is 0 Å². The molecule has 0 spiro atoms. The van der Waals surface area contributed by atoms with Crippen LogP contribution >= 0.6 is 0 Å². The normalized spacial score (nSPS) is 10.2. The second-order valence-corrected chi connectivity index (χ2v) is 4.69. The molecule has 1 radical (unpaired) electrons. The number of halogens is 1. The zero-order chi connectivity index (χ0) is 13.4. The Morgan fingerprint density at radius 3 is 2.16 bits per heavy atom. The van der Waals surface area contributed by atoms with Crippen molar-refractivity contribution in [2.45, 2.75) is 27.7 Å². The van der Waals surface area contributed by atoms with Crippen LogP contribution in [0.3, 0.4) is 0 Å². The van der Waals surface area contributed by atoms with E-state index in [2.05, 4.69) is 11.1 Å². The molecule has 0 saturated carbocycles. The summed E-state index contributed by atoms with van der Waals surface area (Å²) in [6, 6.07) is 4.06. The molecule has 2 nitrogen and oxygen atoms in total. The van der Waals surface area contributed by atoms with Gasteiger partial charge in [-0.05, 0) is 49.9 Å². The van der Waals surface area contributed by atoms with E-state index < -0.39 is 5.95 Å². The van der Waals surface area contributed by atoms with Crippen molar-refractivity contribution in [3.05, 3.63) is 46.5 Å². The van der Waals surface area contributed by atoms with E-state index in [0.717, 1.165) is 16.7 Å². The molecule has 4 heteroatoms. The number of aryl methyl sites for hydroxylation is 3. The van der Waals surface area contributed by atoms with Gasteiger partial charge in [0, 0.05) is 61.4 Å². The number of hydrogen-bond donors (Lipinski definition) is 1. The molecule has 19 heavy (non-hydrogen) atoms. The summed E-state index contributed by atoms with van der Waals surface area (Å²) in [6.45, 7) is 7.55. The van der Waals surface area contributed by atoms with Crippen LogP contribution in [-0.2, 0) is 0 Å². The Labute approximate surface area is 148 Å². The van der Waals surface area contributed by atoms with Crippen molar-refractivity contribution in [3.63, 3.8) is 0 Å². The van der Waals surface area contributed by atoms with Crippen LogP contribution in [0.25, 0.3) is 11.1 Å². The van der Waals surface area contributed by atoms with Crippen LogP contribution in [0, 0.1) is 77.7 Å². The minimum atomic E-state index is -0.627. The Morgan fingerprint density at radius 1 is 0.947 bits per heavy atom. The Balaban J connectivity index is 0.00000180. The third-order valence-electron chi connectivity index (χ3n) is 3.36. The zero-order valence-corrected chi connectivity index (χ0v) is 16.3. The van der Waals surface area contributed by atoms with Crippen molar-refractivity contribution in [2.24, 2.45) is 0 Å². The molecule has 1 heterocycles. The van der Waals surface area contributed by atoms with E-state index in [1.54, 1.807) is 0 Å². The van der Waals surface area contributed by atoms with Crippen LogP contribution in [-0.4, -0.2) is 10.1 Å². The second kappa shape index (κ2) is 6.33. The van der Waals surface area contributed by atoms with Crippen LogP contribution in [0.2, 0.25) is 0 Å². The molecule has 0 saturated heterocycles. The van der Waals surface area contributed by atoms with E-state index in [-0.39, 0.29) is 55.4 Å². The molecule has 0 unspecified atom stereocenters. The summed E-state index contributed by atoms with van der Waals surface area (Å²) in [4.78, 5) is 3.68. The number of hydrogen-bond acceptors (Lipinski definition) is 2. The molecule has 1 N–H and O–H groups in total. The van der Waals surface area contributed by atoms with E-state index >= 15 is 0 Å². The third kappa shape index (κ3) is 3.17. The Kier molecular flexibility index (Phi) is 5.53. The molecular formula is C15H16AcFNO. The fourth-order valence-corrected chi connectivity index (χ4v) is 2.03. The van der Waals surface area contributed by atoms with Gasteiger partial charge in [-0.1, -0.05) is 12.1 Å². The van der Waals surface area contributed by atoms with Crippen LogP contribution in [0.15, 0.2) is 18.3 Å². The molecule has 1 aromatic carbocycles. The van der Waals surface area contributed by atoms with Gasteiger partial charge < -0.3 is 5.11 Å². The Bertz CT molecular complexity index is 626. The minimum Gasteiger partial charge on any atom is -0.507 e. The summed E-state index contributed by atoms with van der Waals surface area (Å²) in [5.74, 6) is -0.661. The predicted octanol–water partition coefficient (Wildman–Crippen LogP) is 3.83. The summed E-state index contributed by atoms with van der Waals surface area (Å²) >= 11 is 0. The molecule has 97 valence electrons. The molecule has 0 aliphatic rings. The number of aromatic nitrogens is 1. The second-order valence-electron chi connectivity index (χ2n) is 4.69. The predicted molar refractivity (Wildman–Crippen MR) is 70.2 cm³/mol. The summed E-state index contributed by atoms with van der Waals surface area (Å²) in [5, 5.41) is 10.0. The molecule has 1 aromatic heterocycles. The number of nitrogens with zero attached hydrogens (tertiary/aromatic N) is 1. The average Bonchev–Trinajstić information content (AvgIpc) is 2.32. The Morgan fingerprint density at radius 2 is 1.53 bits per heavy atom. The monoisotopic (exact) mass is 472 g/mol. The first-order chi connectivity index (χ1) is 8.41. The van der Waals surface area contributed by atoms with Gasteiger partial charge in [-0.15, -0.1) is 0 Å². The zero-order valence-electron chi connectivity index (χ0n) is 11.6. The maximum atomic E-state index is 13.2. The van der Waals surface area contributed by atoms with E-state index in [4.69, 9.17) is 0 Å². The Hall–Kier alpha value is -0.458. The number of pyridine rings is 1. The van der Waals surface area contributed by atoms with Gasteiger partial charge >= 0.3 is 0 Å². The van der Waals surface area contributed by atoms with Crippen molar-refractivity contribution in [3.8, 4) is 16.9 Å². The van der Waals surface area contributed by atoms with E-state index in [9.17, 15) is 9.50 Å². The molecule has 0 aliphatic heterocycles. The van der Waals surface area contributed by atoms with Gasteiger partial charge in [-0.3, -0.25) is 0 Å². The van der Waals surface area contributed by atoms with Crippen molar-refractivity contribution in [1.82, 2.24) is 4.98 Å². The molecule has 0 bridgehead atoms. The maximum Gasteiger partial charge on any atom is 0.219 e. The molecule has 2 aromatic rings. The van der Waals surface area contributed by atoms with E-state index in [1.807, 2.05) is 26.8 Å². The van der Waals surface area contributed by atoms with Gasteiger partial charge in [0.05, 0.1) is 0 Å². The number of rotatable bonds is 1. The van der Waals surface area contributed by atoms with Crippen molar-refractivity contribution in [2.75, 3.05) is 0 Å². The molecule has 0 amide bonds. The van der Waals surface area contributed by atoms with Crippen molar-refractivity contribution < 1.29 is 53.6 Å². The largest absolute Gasteiger partial charge is 0.507 e. The fourth-order valence-electron chi connectivity index (χ4n) is 2.03. The molecular weight excluding hydrogens is 456 g/mol. The summed E-state index contributed by atoms with van der Waals surface area (Å²) in [7, 11) is 0. The van der Waals surface area contributed by atoms with Crippen LogP contribution in [0.4, 0.5) is 4.39 Å². The first kappa shape index (κ1) is 16.6. The first-order valence-corrected chi connectivity index (χ1v) is 5.84. The van der Waals surface area contributed by atoms with Gasteiger partial charge in [0.15, 0.2) is 0 Å². The van der Waals surface area contributed by atoms with Gasteiger partial charge in [-0.2, -0.15) is 4.39 Å². The van der Waals surface area contributed by atoms with Gasteiger partial charge in [0.2, 0.25) is 5.95 Å². The standard InChI is InChI=1S/C15H16FNO.Ac/c1-8-5-10(3)12(6-9(8)2)13-7-17-15(16)11(4)14(13)18;/h5-7H,1-4H3,(H,17,18);. The maximum absolute atomic E-state index is 13.2. The topological polar surface area (TPSA) is 33.1 Å². The summed E-state index contributed by atoms with van der Waals surface area (Å²) in [6.07, 6.45) is 1.38.